The third-order valence-electron chi connectivity index (χ3n) is 7.82. The zero-order valence-electron chi connectivity index (χ0n) is 24.7. The summed E-state index contributed by atoms with van der Waals surface area (Å²) >= 11 is 0. The Kier molecular flexibility index (Phi) is 7.43. The highest BCUT2D eigenvalue weighted by atomic mass is 15.0. The van der Waals surface area contributed by atoms with Crippen LogP contribution in [0, 0.1) is 13.8 Å². The Hall–Kier alpha value is -5.55. The highest BCUT2D eigenvalue weighted by Crippen LogP contribution is 2.39. The Morgan fingerprint density at radius 3 is 1.48 bits per heavy atom. The Bertz CT molecular complexity index is 1900. The van der Waals surface area contributed by atoms with Gasteiger partial charge in [0.15, 0.2) is 23.3 Å². The smallest absolute Gasteiger partial charge is 0.164 e. The summed E-state index contributed by atoms with van der Waals surface area (Å²) in [5.41, 5.74) is 9.49. The summed E-state index contributed by atoms with van der Waals surface area (Å²) < 4.78 is 0. The molecule has 1 aliphatic rings. The first kappa shape index (κ1) is 27.3. The number of allylic oxidation sites excluding steroid dienone is 4. The van der Waals surface area contributed by atoms with Gasteiger partial charge in [-0.3, -0.25) is 0 Å². The fourth-order valence-electron chi connectivity index (χ4n) is 5.67. The van der Waals surface area contributed by atoms with Crippen molar-refractivity contribution < 1.29 is 0 Å². The lowest BCUT2D eigenvalue weighted by Gasteiger charge is -2.23. The first-order valence-corrected chi connectivity index (χ1v) is 14.9. The van der Waals surface area contributed by atoms with Gasteiger partial charge in [0.25, 0.3) is 0 Å². The second kappa shape index (κ2) is 12.0. The summed E-state index contributed by atoms with van der Waals surface area (Å²) in [6.45, 7) is 4.01. The van der Waals surface area contributed by atoms with Gasteiger partial charge in [-0.25, -0.2) is 24.9 Å². The quantitative estimate of drug-likeness (QED) is 0.200. The zero-order valence-corrected chi connectivity index (χ0v) is 24.7. The molecule has 0 saturated heterocycles. The maximum Gasteiger partial charge on any atom is 0.164 e. The molecule has 0 amide bonds. The number of aryl methyl sites for hydroxylation is 2. The van der Waals surface area contributed by atoms with Crippen molar-refractivity contribution in [3.8, 4) is 34.2 Å². The maximum atomic E-state index is 5.05. The molecule has 0 bridgehead atoms. The van der Waals surface area contributed by atoms with Crippen molar-refractivity contribution in [2.45, 2.75) is 26.2 Å². The lowest BCUT2D eigenvalue weighted by atomic mass is 9.83. The van der Waals surface area contributed by atoms with Crippen LogP contribution in [-0.4, -0.2) is 24.9 Å². The standard InChI is InChI=1S/C39H31N5/c1-26-22-27(2)41-36(40-26)32-20-18-29(19-21-32)34-23-33(28-12-6-3-7-13-28)24-35(25-34)39-43-37(30-14-8-4-9-15-30)42-38(44-39)31-16-10-5-11-17-31/h3-24,34H,25H2,1-2H3. The molecule has 0 fully saturated rings. The van der Waals surface area contributed by atoms with Gasteiger partial charge in [0.1, 0.15) is 0 Å². The molecule has 7 rings (SSSR count). The predicted octanol–water partition coefficient (Wildman–Crippen LogP) is 8.93. The number of hydrogen-bond donors (Lipinski definition) is 0. The molecule has 6 aromatic rings. The van der Waals surface area contributed by atoms with Crippen LogP contribution in [0.5, 0.6) is 0 Å². The summed E-state index contributed by atoms with van der Waals surface area (Å²) in [4.78, 5) is 24.3. The van der Waals surface area contributed by atoms with E-state index in [2.05, 4.69) is 70.7 Å². The SMILES string of the molecule is Cc1cc(C)nc(-c2ccc(C3C=C(c4ccccc4)C=C(c4nc(-c5ccccc5)nc(-c5ccccc5)n4)C3)cc2)n1. The van der Waals surface area contributed by atoms with E-state index in [1.54, 1.807) is 0 Å². The van der Waals surface area contributed by atoms with Gasteiger partial charge in [0, 0.05) is 34.0 Å². The summed E-state index contributed by atoms with van der Waals surface area (Å²) in [5, 5.41) is 0. The van der Waals surface area contributed by atoms with Gasteiger partial charge in [-0.15, -0.1) is 0 Å². The normalized spacial score (nSPS) is 14.5. The fraction of sp³-hybridized carbons (Fsp3) is 0.103. The highest BCUT2D eigenvalue weighted by molar-refractivity contribution is 5.86. The number of rotatable bonds is 6. The third kappa shape index (κ3) is 5.86. The van der Waals surface area contributed by atoms with Crippen molar-refractivity contribution in [1.82, 2.24) is 24.9 Å². The molecule has 1 unspecified atom stereocenters. The molecule has 0 aliphatic heterocycles. The van der Waals surface area contributed by atoms with Crippen LogP contribution < -0.4 is 0 Å². The van der Waals surface area contributed by atoms with Crippen LogP contribution in [0.3, 0.4) is 0 Å². The molecule has 1 atom stereocenters. The fourth-order valence-corrected chi connectivity index (χ4v) is 5.67. The molecule has 0 N–H and O–H groups in total. The van der Waals surface area contributed by atoms with E-state index in [1.807, 2.05) is 86.6 Å². The molecule has 5 heteroatoms. The minimum absolute atomic E-state index is 0.136. The van der Waals surface area contributed by atoms with E-state index < -0.39 is 0 Å². The highest BCUT2D eigenvalue weighted by Gasteiger charge is 2.23. The second-order valence-corrected chi connectivity index (χ2v) is 11.1. The summed E-state index contributed by atoms with van der Waals surface area (Å²) in [6, 6.07) is 41.4. The predicted molar refractivity (Wildman–Crippen MR) is 177 cm³/mol. The van der Waals surface area contributed by atoms with E-state index in [0.717, 1.165) is 57.0 Å². The van der Waals surface area contributed by atoms with Crippen LogP contribution in [0.4, 0.5) is 0 Å². The first-order valence-electron chi connectivity index (χ1n) is 14.9. The minimum Gasteiger partial charge on any atom is -0.233 e. The molecule has 0 saturated carbocycles. The van der Waals surface area contributed by atoms with Crippen LogP contribution in [0.15, 0.2) is 133 Å². The van der Waals surface area contributed by atoms with Gasteiger partial charge in [-0.1, -0.05) is 121 Å². The molecule has 0 radical (unpaired) electrons. The Morgan fingerprint density at radius 1 is 0.477 bits per heavy atom. The Labute approximate surface area is 257 Å². The lowest BCUT2D eigenvalue weighted by Crippen LogP contribution is -2.08. The Balaban J connectivity index is 1.31. The first-order chi connectivity index (χ1) is 21.6. The third-order valence-corrected chi connectivity index (χ3v) is 7.82. The van der Waals surface area contributed by atoms with Crippen molar-refractivity contribution in [2.24, 2.45) is 0 Å². The number of aromatic nitrogens is 5. The Morgan fingerprint density at radius 2 is 0.932 bits per heavy atom. The van der Waals surface area contributed by atoms with Crippen LogP contribution in [0.1, 0.15) is 40.7 Å². The minimum atomic E-state index is 0.136. The summed E-state index contributed by atoms with van der Waals surface area (Å²) in [7, 11) is 0. The molecule has 5 nitrogen and oxygen atoms in total. The van der Waals surface area contributed by atoms with E-state index in [9.17, 15) is 0 Å². The molecule has 2 heterocycles. The monoisotopic (exact) mass is 569 g/mol. The largest absolute Gasteiger partial charge is 0.233 e. The molecule has 2 aromatic heterocycles. The second-order valence-electron chi connectivity index (χ2n) is 11.1. The molecule has 44 heavy (non-hydrogen) atoms. The lowest BCUT2D eigenvalue weighted by molar-refractivity contribution is 0.856. The molecule has 4 aromatic carbocycles. The molecule has 212 valence electrons. The average molecular weight is 570 g/mol. The average Bonchev–Trinajstić information content (AvgIpc) is 3.09. The van der Waals surface area contributed by atoms with E-state index >= 15 is 0 Å². The molecular formula is C39H31N5. The van der Waals surface area contributed by atoms with E-state index in [0.29, 0.717) is 17.5 Å². The van der Waals surface area contributed by atoms with Crippen molar-refractivity contribution in [1.29, 1.82) is 0 Å². The van der Waals surface area contributed by atoms with Gasteiger partial charge in [0.2, 0.25) is 0 Å². The van der Waals surface area contributed by atoms with Crippen molar-refractivity contribution in [3.05, 3.63) is 162 Å². The topological polar surface area (TPSA) is 64.5 Å². The van der Waals surface area contributed by atoms with Gasteiger partial charge in [-0.2, -0.15) is 0 Å². The van der Waals surface area contributed by atoms with Crippen LogP contribution in [0.25, 0.3) is 45.3 Å². The molecule has 1 aliphatic carbocycles. The van der Waals surface area contributed by atoms with Crippen molar-refractivity contribution in [3.63, 3.8) is 0 Å². The van der Waals surface area contributed by atoms with Gasteiger partial charge < -0.3 is 0 Å². The van der Waals surface area contributed by atoms with Crippen LogP contribution in [0.2, 0.25) is 0 Å². The number of nitrogens with zero attached hydrogens (tertiary/aromatic N) is 5. The summed E-state index contributed by atoms with van der Waals surface area (Å²) in [6.07, 6.45) is 5.36. The van der Waals surface area contributed by atoms with Gasteiger partial charge in [0.05, 0.1) is 0 Å². The summed E-state index contributed by atoms with van der Waals surface area (Å²) in [5.74, 6) is 2.92. The number of benzene rings is 4. The zero-order chi connectivity index (χ0) is 29.9. The van der Waals surface area contributed by atoms with E-state index in [1.165, 1.54) is 5.56 Å². The van der Waals surface area contributed by atoms with E-state index in [4.69, 9.17) is 15.0 Å². The van der Waals surface area contributed by atoms with Crippen molar-refractivity contribution in [2.75, 3.05) is 0 Å². The van der Waals surface area contributed by atoms with Gasteiger partial charge in [-0.05, 0) is 54.7 Å². The van der Waals surface area contributed by atoms with E-state index in [-0.39, 0.29) is 5.92 Å². The van der Waals surface area contributed by atoms with Gasteiger partial charge >= 0.3 is 0 Å². The molecular weight excluding hydrogens is 538 g/mol. The van der Waals surface area contributed by atoms with Crippen molar-refractivity contribution >= 4 is 11.1 Å². The maximum absolute atomic E-state index is 5.05. The number of hydrogen-bond acceptors (Lipinski definition) is 5. The van der Waals surface area contributed by atoms with Crippen LogP contribution in [-0.2, 0) is 0 Å². The molecule has 0 spiro atoms. The van der Waals surface area contributed by atoms with Crippen LogP contribution >= 0.6 is 0 Å².